The van der Waals surface area contributed by atoms with Crippen LogP contribution in [0.2, 0.25) is 0 Å². The molecule has 5 heterocycles. The average molecular weight is 1960 g/mol. The molecule has 5 aromatic heterocycles. The van der Waals surface area contributed by atoms with Gasteiger partial charge in [-0.2, -0.15) is 18.3 Å². The van der Waals surface area contributed by atoms with Gasteiger partial charge in [-0.05, 0) is 237 Å². The van der Waals surface area contributed by atoms with E-state index < -0.39 is 42.7 Å². The molecule has 0 spiro atoms. The third-order valence-corrected chi connectivity index (χ3v) is 27.9. The standard InChI is InChI=1S/2C30H37N2.2C27H31N2.C18H24N.5CH4/c2*1-19(2)23-17-25(20(3)4)29(26(18-23)21(5)6)32-28-16-12-11-15-27(28)31(8)30(32)24-14-10-9-13-22(24)7;2*1-18(2)21-14-11-15-22(19(3)4)26(21)29-25-17-10-9-16-24(25)28(6)27(29)23-13-8-7-12-20(23)5;1-13(2)10-16-7-9-18(19(5)12-16)17-8-6-14(3)11-15(17)4;;;;;/h2*9-21H,1-8H3;2*7-19H,1-6H3;6-9,11-13H,10H2,1-5H3;5*1H4/q5*+1;;;;;/i19D,20D,21D;;18D,19D;;3D3,10D2;;;;;. The van der Waals surface area contributed by atoms with Crippen molar-refractivity contribution in [3.05, 3.63) is 386 Å². The summed E-state index contributed by atoms with van der Waals surface area (Å²) in [5, 5.41) is 0. The van der Waals surface area contributed by atoms with E-state index >= 15 is 0 Å². The summed E-state index contributed by atoms with van der Waals surface area (Å²) in [5.41, 5.74) is 38.7. The van der Waals surface area contributed by atoms with E-state index in [0.717, 1.165) is 106 Å². The highest BCUT2D eigenvalue weighted by Gasteiger charge is 2.38. The first kappa shape index (κ1) is 102. The number of nitrogens with zero attached hydrogens (tertiary/aromatic N) is 9. The molecule has 0 N–H and O–H groups in total. The molecule has 0 saturated carbocycles. The maximum atomic E-state index is 9.16. The van der Waals surface area contributed by atoms with Crippen LogP contribution in [-0.4, -0.2) is 18.3 Å². The van der Waals surface area contributed by atoms with Crippen LogP contribution in [0.1, 0.15) is 357 Å². The lowest BCUT2D eigenvalue weighted by atomic mass is 9.87. The second-order valence-electron chi connectivity index (χ2n) is 41.6. The first-order valence-electron chi connectivity index (χ1n) is 55.7. The molecule has 0 fully saturated rings. The van der Waals surface area contributed by atoms with E-state index in [1.54, 1.807) is 12.1 Å². The summed E-state index contributed by atoms with van der Waals surface area (Å²) in [6.45, 7) is 54.3. The van der Waals surface area contributed by atoms with Crippen LogP contribution >= 0.6 is 0 Å². The number of para-hydroxylation sites is 10. The Balaban J connectivity index is 0.000000215. The summed E-state index contributed by atoms with van der Waals surface area (Å²) in [7, 11) is 10.5. The van der Waals surface area contributed by atoms with Crippen molar-refractivity contribution in [2.75, 3.05) is 0 Å². The van der Waals surface area contributed by atoms with E-state index in [1.807, 2.05) is 175 Å². The number of benzene rings is 13. The molecule has 0 aliphatic carbocycles. The second-order valence-corrected chi connectivity index (χ2v) is 41.6. The second kappa shape index (κ2) is 49.9. The van der Waals surface area contributed by atoms with Crippen molar-refractivity contribution in [1.29, 1.82) is 0 Å². The van der Waals surface area contributed by atoms with Gasteiger partial charge in [0.05, 0.1) is 50.4 Å². The number of imidazole rings is 4. The lowest BCUT2D eigenvalue weighted by Crippen LogP contribution is -2.31. The van der Waals surface area contributed by atoms with Gasteiger partial charge in [0.15, 0.2) is 50.3 Å². The van der Waals surface area contributed by atoms with Crippen LogP contribution in [0.5, 0.6) is 0 Å². The van der Waals surface area contributed by atoms with Crippen molar-refractivity contribution >= 4 is 44.1 Å². The third kappa shape index (κ3) is 23.8. The Morgan fingerprint density at radius 3 is 0.815 bits per heavy atom. The predicted molar refractivity (Wildman–Crippen MR) is 634 cm³/mol. The minimum Gasteiger partial charge on any atom is -0.225 e. The number of aromatic nitrogens is 9. The molecule has 18 aromatic rings. The lowest BCUT2D eigenvalue weighted by molar-refractivity contribution is -0.660. The molecule has 0 aliphatic heterocycles. The molecule has 13 aromatic carbocycles. The first-order chi connectivity index (χ1) is 70.7. The Kier molecular flexibility index (Phi) is 34.7. The molecule has 146 heavy (non-hydrogen) atoms. The summed E-state index contributed by atoms with van der Waals surface area (Å²) in [5.74, 6) is 2.32. The van der Waals surface area contributed by atoms with Crippen LogP contribution < -0.4 is 22.8 Å². The van der Waals surface area contributed by atoms with Gasteiger partial charge < -0.3 is 0 Å². The van der Waals surface area contributed by atoms with Crippen molar-refractivity contribution < 1.29 is 36.5 Å². The molecule has 0 unspecified atom stereocenters. The molecular formula is C137H180N9+5. The molecule has 0 aliphatic rings. The minimum atomic E-state index is -2.11. The fraction of sp³-hybridized carbons (Fsp3) is 0.365. The number of rotatable bonds is 21. The maximum absolute atomic E-state index is 9.16. The molecule has 0 bridgehead atoms. The maximum Gasteiger partial charge on any atom is 0.295 e. The Morgan fingerprint density at radius 2 is 0.541 bits per heavy atom. The quantitative estimate of drug-likeness (QED) is 0.0643. The van der Waals surface area contributed by atoms with Crippen molar-refractivity contribution in [2.24, 2.45) is 41.2 Å². The topological polar surface area (TPSA) is 39.1 Å². The fourth-order valence-electron chi connectivity index (χ4n) is 20.4. The highest BCUT2D eigenvalue weighted by atomic mass is 15.2. The molecule has 9 nitrogen and oxygen atoms in total. The SMILES string of the molecule is C.C.C.C.C.Cc1ccccc1-c1n(-c2c(C(C)C)cc(C(C)C)cc2C(C)C)c2ccccc2[n+]1C.Cc1ccccc1-c1n(-c2c(C(C)C)cccc2C(C)C)c2ccccc2[n+]1C.[2H]C(C)(C)c1cc(C([2H])(C)C)c(-n2c(-c3ccccc3C)[n+](C)c3ccccc32)c(C([2H])(C)C)c1.[2H]C(C)(C)c1cccc(C([2H])(C)C)c1-n1c(-c2ccccc2C)[n+](C)c2ccccc21.[2H]C([2H])([2H])c1ccc(-c2ccc(C([2H])([2H])C(C)C)c[n+]2C)c(C)c1. The Morgan fingerprint density at radius 1 is 0.260 bits per heavy atom. The molecule has 9 heteroatoms. The van der Waals surface area contributed by atoms with E-state index in [1.165, 1.54) is 101 Å². The average Bonchev–Trinajstić information content (AvgIpc) is 1.53. The van der Waals surface area contributed by atoms with E-state index in [-0.39, 0.29) is 43.1 Å². The zero-order valence-electron chi connectivity index (χ0n) is 100. The molecule has 0 atom stereocenters. The molecule has 0 radical (unpaired) electrons. The molecule has 768 valence electrons. The summed E-state index contributed by atoms with van der Waals surface area (Å²) >= 11 is 0. The number of hydrogen-bond donors (Lipinski definition) is 0. The van der Waals surface area contributed by atoms with Crippen molar-refractivity contribution in [1.82, 2.24) is 18.3 Å². The molecule has 0 amide bonds. The molecule has 18 rings (SSSR count). The monoisotopic (exact) mass is 1960 g/mol. The number of pyridine rings is 1. The van der Waals surface area contributed by atoms with Crippen molar-refractivity contribution in [3.8, 4) is 79.6 Å². The summed E-state index contributed by atoms with van der Waals surface area (Å²) in [6, 6.07) is 99.1. The van der Waals surface area contributed by atoms with Crippen LogP contribution in [0.15, 0.2) is 291 Å². The van der Waals surface area contributed by atoms with Gasteiger partial charge >= 0.3 is 0 Å². The van der Waals surface area contributed by atoms with Crippen LogP contribution in [0, 0.1) is 47.4 Å². The summed E-state index contributed by atoms with van der Waals surface area (Å²) < 4.78 is 104. The summed E-state index contributed by atoms with van der Waals surface area (Å²) in [6.07, 6.45) is 0.420. The largest absolute Gasteiger partial charge is 0.295 e. The van der Waals surface area contributed by atoms with Gasteiger partial charge in [0.1, 0.15) is 29.8 Å². The minimum absolute atomic E-state index is 0. The van der Waals surface area contributed by atoms with E-state index in [4.69, 9.17) is 13.7 Å². The molecule has 0 saturated heterocycles. The van der Waals surface area contributed by atoms with E-state index in [0.29, 0.717) is 40.7 Å². The van der Waals surface area contributed by atoms with Crippen LogP contribution in [0.3, 0.4) is 0 Å². The third-order valence-electron chi connectivity index (χ3n) is 27.9. The highest BCUT2D eigenvalue weighted by Crippen LogP contribution is 2.45. The van der Waals surface area contributed by atoms with Gasteiger partial charge in [-0.25, -0.2) is 22.8 Å². The van der Waals surface area contributed by atoms with E-state index in [2.05, 4.69) is 368 Å². The number of aryl methyl sites for hydroxylation is 11. The Labute approximate surface area is 896 Å². The number of fused-ring (bicyclic) bond motifs is 4. The zero-order chi connectivity index (χ0) is 111. The van der Waals surface area contributed by atoms with E-state index in [9.17, 15) is 0 Å². The summed E-state index contributed by atoms with van der Waals surface area (Å²) in [4.78, 5) is 0. The smallest absolute Gasteiger partial charge is 0.225 e. The molecular weight excluding hydrogens is 1770 g/mol. The van der Waals surface area contributed by atoms with Crippen LogP contribution in [0.4, 0.5) is 0 Å². The van der Waals surface area contributed by atoms with Gasteiger partial charge in [-0.3, -0.25) is 0 Å². The van der Waals surface area contributed by atoms with Crippen LogP contribution in [0.25, 0.3) is 124 Å². The lowest BCUT2D eigenvalue weighted by Gasteiger charge is -2.21. The Bertz CT molecular complexity index is 7930. The zero-order valence-corrected chi connectivity index (χ0v) is 90.2. The first-order valence-corrected chi connectivity index (χ1v) is 50.7. The van der Waals surface area contributed by atoms with Crippen molar-refractivity contribution in [3.63, 3.8) is 0 Å². The van der Waals surface area contributed by atoms with Crippen molar-refractivity contribution in [2.45, 2.75) is 296 Å². The Hall–Kier alpha value is -13.1. The van der Waals surface area contributed by atoms with Gasteiger partial charge in [0.25, 0.3) is 23.3 Å². The van der Waals surface area contributed by atoms with Crippen LogP contribution in [-0.2, 0) is 41.6 Å². The van der Waals surface area contributed by atoms with Gasteiger partial charge in [0.2, 0.25) is 5.69 Å². The highest BCUT2D eigenvalue weighted by molar-refractivity contribution is 5.86. The van der Waals surface area contributed by atoms with Gasteiger partial charge in [-0.1, -0.05) is 389 Å². The fourth-order valence-corrected chi connectivity index (χ4v) is 20.4. The van der Waals surface area contributed by atoms with Gasteiger partial charge in [-0.15, -0.1) is 0 Å². The normalized spacial score (nSPS) is 12.9. The number of hydrogen-bond acceptors (Lipinski definition) is 0. The van der Waals surface area contributed by atoms with Gasteiger partial charge in [0, 0.05) is 75.4 Å². The predicted octanol–water partition coefficient (Wildman–Crippen LogP) is 36.1.